The number of carbonyl (C=O) groups is 1. The second kappa shape index (κ2) is 5.89. The molecule has 6 nitrogen and oxygen atoms in total. The van der Waals surface area contributed by atoms with E-state index in [1.807, 2.05) is 6.07 Å². The molecule has 0 saturated heterocycles. The minimum atomic E-state index is -0.283. The fraction of sp³-hybridized carbons (Fsp3) is 0. The van der Waals surface area contributed by atoms with Crippen molar-refractivity contribution in [2.75, 3.05) is 5.32 Å². The van der Waals surface area contributed by atoms with Crippen LogP contribution in [-0.2, 0) is 0 Å². The average molecular weight is 289 g/mol. The monoisotopic (exact) mass is 289 g/mol. The number of nitrogens with zero attached hydrogens (tertiary/aromatic N) is 4. The van der Waals surface area contributed by atoms with E-state index in [1.54, 1.807) is 59.5 Å². The summed E-state index contributed by atoms with van der Waals surface area (Å²) in [5.74, 6) is 0.350. The van der Waals surface area contributed by atoms with Crippen LogP contribution in [0.1, 0.15) is 15.9 Å². The van der Waals surface area contributed by atoms with Crippen LogP contribution in [0.5, 0.6) is 0 Å². The molecule has 1 amide bonds. The van der Waals surface area contributed by atoms with Gasteiger partial charge in [-0.25, -0.2) is 9.67 Å². The number of carbonyl (C=O) groups excluding carboxylic acids is 1. The fourth-order valence-electron chi connectivity index (χ4n) is 1.93. The van der Waals surface area contributed by atoms with Gasteiger partial charge in [-0.05, 0) is 36.4 Å². The van der Waals surface area contributed by atoms with E-state index < -0.39 is 0 Å². The van der Waals surface area contributed by atoms with Gasteiger partial charge < -0.3 is 5.32 Å². The summed E-state index contributed by atoms with van der Waals surface area (Å²) in [7, 11) is 0. The lowest BCUT2D eigenvalue weighted by atomic mass is 10.2. The van der Waals surface area contributed by atoms with Crippen LogP contribution in [0, 0.1) is 11.3 Å². The molecule has 0 radical (unpaired) electrons. The van der Waals surface area contributed by atoms with E-state index >= 15 is 0 Å². The maximum Gasteiger partial charge on any atom is 0.257 e. The molecule has 0 aliphatic heterocycles. The van der Waals surface area contributed by atoms with Crippen molar-refractivity contribution in [1.29, 1.82) is 5.26 Å². The second-order valence-corrected chi connectivity index (χ2v) is 4.50. The number of aromatic nitrogens is 3. The Hall–Kier alpha value is -3.46. The van der Waals surface area contributed by atoms with Gasteiger partial charge in [0.2, 0.25) is 0 Å². The molecule has 6 heteroatoms. The van der Waals surface area contributed by atoms with Crippen molar-refractivity contribution in [1.82, 2.24) is 14.8 Å². The number of amides is 1. The fourth-order valence-corrected chi connectivity index (χ4v) is 1.93. The maximum absolute atomic E-state index is 12.2. The Morgan fingerprint density at radius 3 is 2.82 bits per heavy atom. The lowest BCUT2D eigenvalue weighted by molar-refractivity contribution is 0.102. The highest BCUT2D eigenvalue weighted by molar-refractivity contribution is 6.04. The summed E-state index contributed by atoms with van der Waals surface area (Å²) in [6.45, 7) is 0. The minimum Gasteiger partial charge on any atom is -0.322 e. The molecule has 0 atom stereocenters. The number of nitriles is 1. The molecule has 0 saturated carbocycles. The molecule has 1 aromatic carbocycles. The normalized spacial score (nSPS) is 9.95. The quantitative estimate of drug-likeness (QED) is 0.802. The molecule has 22 heavy (non-hydrogen) atoms. The summed E-state index contributed by atoms with van der Waals surface area (Å²) >= 11 is 0. The number of benzene rings is 1. The highest BCUT2D eigenvalue weighted by atomic mass is 16.1. The number of rotatable bonds is 3. The summed E-state index contributed by atoms with van der Waals surface area (Å²) < 4.78 is 1.61. The van der Waals surface area contributed by atoms with Crippen LogP contribution in [0.2, 0.25) is 0 Å². The molecule has 2 aromatic heterocycles. The van der Waals surface area contributed by atoms with E-state index in [4.69, 9.17) is 5.26 Å². The van der Waals surface area contributed by atoms with Crippen LogP contribution in [0.25, 0.3) is 5.82 Å². The summed E-state index contributed by atoms with van der Waals surface area (Å²) in [6, 6.07) is 13.9. The van der Waals surface area contributed by atoms with Crippen LogP contribution in [0.4, 0.5) is 5.69 Å². The average Bonchev–Trinajstić information content (AvgIpc) is 3.09. The van der Waals surface area contributed by atoms with Gasteiger partial charge in [-0.15, -0.1) is 0 Å². The molecular weight excluding hydrogens is 278 g/mol. The Balaban J connectivity index is 1.76. The zero-order valence-corrected chi connectivity index (χ0v) is 11.5. The largest absolute Gasteiger partial charge is 0.322 e. The van der Waals surface area contributed by atoms with Crippen molar-refractivity contribution in [3.05, 3.63) is 72.2 Å². The first-order chi connectivity index (χ1) is 10.8. The zero-order valence-electron chi connectivity index (χ0n) is 11.5. The van der Waals surface area contributed by atoms with Crippen molar-refractivity contribution < 1.29 is 4.79 Å². The van der Waals surface area contributed by atoms with E-state index in [-0.39, 0.29) is 5.91 Å². The minimum absolute atomic E-state index is 0.283. The predicted molar refractivity (Wildman–Crippen MR) is 80.5 cm³/mol. The first kappa shape index (κ1) is 13.5. The zero-order chi connectivity index (χ0) is 15.4. The third-order valence-corrected chi connectivity index (χ3v) is 3.00. The van der Waals surface area contributed by atoms with Crippen molar-refractivity contribution in [2.24, 2.45) is 0 Å². The molecule has 106 valence electrons. The number of anilines is 1. The van der Waals surface area contributed by atoms with E-state index in [2.05, 4.69) is 15.4 Å². The van der Waals surface area contributed by atoms with Crippen molar-refractivity contribution >= 4 is 11.6 Å². The summed E-state index contributed by atoms with van der Waals surface area (Å²) in [6.07, 6.45) is 4.92. The smallest absolute Gasteiger partial charge is 0.257 e. The molecule has 0 spiro atoms. The van der Waals surface area contributed by atoms with E-state index in [1.165, 1.54) is 6.20 Å². The van der Waals surface area contributed by atoms with E-state index in [9.17, 15) is 4.79 Å². The van der Waals surface area contributed by atoms with Crippen molar-refractivity contribution in [3.63, 3.8) is 0 Å². The lowest BCUT2D eigenvalue weighted by Crippen LogP contribution is -2.12. The molecule has 3 rings (SSSR count). The van der Waals surface area contributed by atoms with Crippen molar-refractivity contribution in [2.45, 2.75) is 0 Å². The molecule has 0 unspecified atom stereocenters. The van der Waals surface area contributed by atoms with Gasteiger partial charge >= 0.3 is 0 Å². The Kier molecular flexibility index (Phi) is 3.62. The summed E-state index contributed by atoms with van der Waals surface area (Å²) in [5.41, 5.74) is 1.49. The Bertz CT molecular complexity index is 832. The summed E-state index contributed by atoms with van der Waals surface area (Å²) in [5, 5.41) is 15.7. The molecule has 0 aliphatic carbocycles. The van der Waals surface area contributed by atoms with E-state index in [0.717, 1.165) is 0 Å². The number of pyridine rings is 1. The van der Waals surface area contributed by atoms with Gasteiger partial charge in [0.05, 0.1) is 17.2 Å². The van der Waals surface area contributed by atoms with Crippen molar-refractivity contribution in [3.8, 4) is 11.9 Å². The van der Waals surface area contributed by atoms with Gasteiger partial charge in [0.25, 0.3) is 5.91 Å². The molecule has 2 heterocycles. The first-order valence-electron chi connectivity index (χ1n) is 6.54. The molecule has 0 bridgehead atoms. The van der Waals surface area contributed by atoms with Gasteiger partial charge in [0.15, 0.2) is 5.82 Å². The second-order valence-electron chi connectivity index (χ2n) is 4.50. The molecule has 0 fully saturated rings. The van der Waals surface area contributed by atoms with Gasteiger partial charge in [-0.1, -0.05) is 6.07 Å². The van der Waals surface area contributed by atoms with Gasteiger partial charge in [0, 0.05) is 24.3 Å². The molecular formula is C16H11N5O. The Morgan fingerprint density at radius 2 is 2.14 bits per heavy atom. The lowest BCUT2D eigenvalue weighted by Gasteiger charge is -2.06. The SMILES string of the molecule is N#Cc1cccc(NC(=O)c2ccc(-n3cccn3)nc2)c1. The van der Waals surface area contributed by atoms with Crippen LogP contribution in [0.15, 0.2) is 61.1 Å². The van der Waals surface area contributed by atoms with E-state index in [0.29, 0.717) is 22.6 Å². The van der Waals surface area contributed by atoms with Crippen LogP contribution in [0.3, 0.4) is 0 Å². The predicted octanol–water partition coefficient (Wildman–Crippen LogP) is 2.39. The van der Waals surface area contributed by atoms with Gasteiger partial charge in [-0.2, -0.15) is 10.4 Å². The highest BCUT2D eigenvalue weighted by Gasteiger charge is 2.08. The Morgan fingerprint density at radius 1 is 1.23 bits per heavy atom. The van der Waals surface area contributed by atoms with Crippen LogP contribution >= 0.6 is 0 Å². The maximum atomic E-state index is 12.2. The van der Waals surface area contributed by atoms with Gasteiger partial charge in [0.1, 0.15) is 0 Å². The van der Waals surface area contributed by atoms with Crippen LogP contribution < -0.4 is 5.32 Å². The number of hydrogen-bond donors (Lipinski definition) is 1. The first-order valence-corrected chi connectivity index (χ1v) is 6.54. The summed E-state index contributed by atoms with van der Waals surface area (Å²) in [4.78, 5) is 16.4. The highest BCUT2D eigenvalue weighted by Crippen LogP contribution is 2.12. The Labute approximate surface area is 126 Å². The molecule has 1 N–H and O–H groups in total. The third-order valence-electron chi connectivity index (χ3n) is 3.00. The number of nitrogens with one attached hydrogen (secondary N) is 1. The third kappa shape index (κ3) is 2.83. The molecule has 3 aromatic rings. The number of hydrogen-bond acceptors (Lipinski definition) is 4. The molecule has 0 aliphatic rings. The van der Waals surface area contributed by atoms with Crippen LogP contribution in [-0.4, -0.2) is 20.7 Å². The standard InChI is InChI=1S/C16H11N5O/c17-10-12-3-1-4-14(9-12)20-16(22)13-5-6-15(18-11-13)21-8-2-7-19-21/h1-9,11H,(H,20,22). The van der Waals surface area contributed by atoms with Gasteiger partial charge in [-0.3, -0.25) is 4.79 Å². The topological polar surface area (TPSA) is 83.6 Å².